The number of hydrogen-bond donors (Lipinski definition) is 2. The number of nitrogens with zero attached hydrogens (tertiary/aromatic N) is 1. The lowest BCUT2D eigenvalue weighted by atomic mass is 9.92. The highest BCUT2D eigenvalue weighted by atomic mass is 32.1. The number of carbonyl (C=O) groups is 1. The van der Waals surface area contributed by atoms with Crippen molar-refractivity contribution in [1.29, 1.82) is 0 Å². The SMILES string of the molecule is NCC(c1ccsc1)N1CCC(CC(N)=O)CC1. The second-order valence-electron chi connectivity index (χ2n) is 4.96. The molecule has 4 nitrogen and oxygen atoms in total. The maximum Gasteiger partial charge on any atom is 0.217 e. The van der Waals surface area contributed by atoms with Crippen molar-refractivity contribution < 1.29 is 4.79 Å². The summed E-state index contributed by atoms with van der Waals surface area (Å²) in [7, 11) is 0. The fourth-order valence-corrected chi connectivity index (χ4v) is 3.42. The molecule has 100 valence electrons. The van der Waals surface area contributed by atoms with E-state index in [1.807, 2.05) is 0 Å². The molecule has 2 rings (SSSR count). The van der Waals surface area contributed by atoms with Crippen LogP contribution in [0.5, 0.6) is 0 Å². The molecule has 1 aromatic heterocycles. The van der Waals surface area contributed by atoms with E-state index in [1.165, 1.54) is 5.56 Å². The minimum Gasteiger partial charge on any atom is -0.370 e. The number of amides is 1. The van der Waals surface area contributed by atoms with Crippen LogP contribution in [0.1, 0.15) is 30.9 Å². The molecule has 1 fully saturated rings. The van der Waals surface area contributed by atoms with E-state index >= 15 is 0 Å². The zero-order valence-electron chi connectivity index (χ0n) is 10.5. The summed E-state index contributed by atoms with van der Waals surface area (Å²) in [5, 5.41) is 4.27. The molecule has 1 atom stereocenters. The van der Waals surface area contributed by atoms with Crippen LogP contribution in [0.4, 0.5) is 0 Å². The Morgan fingerprint density at radius 3 is 2.72 bits per heavy atom. The van der Waals surface area contributed by atoms with E-state index in [4.69, 9.17) is 11.5 Å². The van der Waals surface area contributed by atoms with Crippen LogP contribution in [0.15, 0.2) is 16.8 Å². The molecule has 5 heteroatoms. The summed E-state index contributed by atoms with van der Waals surface area (Å²) in [6.07, 6.45) is 2.62. The number of rotatable bonds is 5. The lowest BCUT2D eigenvalue weighted by molar-refractivity contribution is -0.119. The molecule has 18 heavy (non-hydrogen) atoms. The third-order valence-corrected chi connectivity index (χ3v) is 4.43. The molecule has 0 radical (unpaired) electrons. The summed E-state index contributed by atoms with van der Waals surface area (Å²) in [5.41, 5.74) is 12.5. The molecule has 1 saturated heterocycles. The second kappa shape index (κ2) is 6.31. The summed E-state index contributed by atoms with van der Waals surface area (Å²) in [4.78, 5) is 13.3. The lowest BCUT2D eigenvalue weighted by Crippen LogP contribution is -2.40. The van der Waals surface area contributed by atoms with Gasteiger partial charge in [-0.3, -0.25) is 9.69 Å². The second-order valence-corrected chi connectivity index (χ2v) is 5.74. The third kappa shape index (κ3) is 3.31. The summed E-state index contributed by atoms with van der Waals surface area (Å²) in [6, 6.07) is 2.48. The number of piperidine rings is 1. The van der Waals surface area contributed by atoms with E-state index in [9.17, 15) is 4.79 Å². The van der Waals surface area contributed by atoms with E-state index in [1.54, 1.807) is 11.3 Å². The van der Waals surface area contributed by atoms with Crippen LogP contribution in [-0.2, 0) is 4.79 Å². The molecular weight excluding hydrogens is 246 g/mol. The first-order valence-electron chi connectivity index (χ1n) is 6.45. The Balaban J connectivity index is 1.90. The van der Waals surface area contributed by atoms with Crippen LogP contribution in [-0.4, -0.2) is 30.4 Å². The highest BCUT2D eigenvalue weighted by Crippen LogP contribution is 2.28. The number of primary amides is 1. The lowest BCUT2D eigenvalue weighted by Gasteiger charge is -2.36. The van der Waals surface area contributed by atoms with Gasteiger partial charge in [0.05, 0.1) is 0 Å². The molecule has 4 N–H and O–H groups in total. The van der Waals surface area contributed by atoms with Gasteiger partial charge in [0.2, 0.25) is 5.91 Å². The first kappa shape index (κ1) is 13.5. The van der Waals surface area contributed by atoms with Crippen LogP contribution in [0, 0.1) is 5.92 Å². The number of likely N-dealkylation sites (tertiary alicyclic amines) is 1. The van der Waals surface area contributed by atoms with Gasteiger partial charge in [-0.05, 0) is 54.2 Å². The fourth-order valence-electron chi connectivity index (χ4n) is 2.71. The molecule has 0 saturated carbocycles. The minimum absolute atomic E-state index is 0.179. The van der Waals surface area contributed by atoms with Crippen LogP contribution in [0.3, 0.4) is 0 Å². The zero-order chi connectivity index (χ0) is 13.0. The topological polar surface area (TPSA) is 72.3 Å². The number of carbonyl (C=O) groups excluding carboxylic acids is 1. The van der Waals surface area contributed by atoms with Gasteiger partial charge in [0, 0.05) is 19.0 Å². The Morgan fingerprint density at radius 1 is 1.50 bits per heavy atom. The smallest absolute Gasteiger partial charge is 0.217 e. The maximum absolute atomic E-state index is 10.9. The van der Waals surface area contributed by atoms with Crippen LogP contribution in [0.25, 0.3) is 0 Å². The molecule has 0 bridgehead atoms. The Hall–Kier alpha value is -0.910. The highest BCUT2D eigenvalue weighted by Gasteiger charge is 2.26. The fraction of sp³-hybridized carbons (Fsp3) is 0.615. The summed E-state index contributed by atoms with van der Waals surface area (Å²) >= 11 is 1.71. The van der Waals surface area contributed by atoms with Crippen molar-refractivity contribution in [3.05, 3.63) is 22.4 Å². The molecule has 0 spiro atoms. The predicted octanol–water partition coefficient (Wildman–Crippen LogP) is 1.34. The maximum atomic E-state index is 10.9. The first-order chi connectivity index (χ1) is 8.70. The van der Waals surface area contributed by atoms with Crippen LogP contribution in [0.2, 0.25) is 0 Å². The van der Waals surface area contributed by atoms with E-state index in [0.717, 1.165) is 25.9 Å². The van der Waals surface area contributed by atoms with Crippen molar-refractivity contribution in [2.45, 2.75) is 25.3 Å². The Labute approximate surface area is 112 Å². The predicted molar refractivity (Wildman–Crippen MR) is 74.2 cm³/mol. The Bertz CT molecular complexity index is 372. The molecule has 0 aromatic carbocycles. The third-order valence-electron chi connectivity index (χ3n) is 3.73. The van der Waals surface area contributed by atoms with Gasteiger partial charge in [-0.2, -0.15) is 11.3 Å². The van der Waals surface area contributed by atoms with E-state index in [2.05, 4.69) is 21.7 Å². The van der Waals surface area contributed by atoms with E-state index in [-0.39, 0.29) is 5.91 Å². The van der Waals surface area contributed by atoms with E-state index in [0.29, 0.717) is 24.9 Å². The first-order valence-corrected chi connectivity index (χ1v) is 7.39. The van der Waals surface area contributed by atoms with Crippen molar-refractivity contribution in [3.8, 4) is 0 Å². The molecule has 2 heterocycles. The van der Waals surface area contributed by atoms with Gasteiger partial charge in [-0.25, -0.2) is 0 Å². The average molecular weight is 267 g/mol. The standard InChI is InChI=1S/C13H21N3OS/c14-8-12(11-3-6-18-9-11)16-4-1-10(2-5-16)7-13(15)17/h3,6,9-10,12H,1-2,4-5,7-8,14H2,(H2,15,17). The number of hydrogen-bond acceptors (Lipinski definition) is 4. The molecule has 0 aliphatic carbocycles. The van der Waals surface area contributed by atoms with Gasteiger partial charge in [0.25, 0.3) is 0 Å². The van der Waals surface area contributed by atoms with Gasteiger partial charge >= 0.3 is 0 Å². The zero-order valence-corrected chi connectivity index (χ0v) is 11.4. The van der Waals surface area contributed by atoms with Crippen molar-refractivity contribution in [1.82, 2.24) is 4.90 Å². The van der Waals surface area contributed by atoms with Crippen molar-refractivity contribution in [3.63, 3.8) is 0 Å². The Kier molecular flexibility index (Phi) is 4.74. The van der Waals surface area contributed by atoms with Gasteiger partial charge in [-0.1, -0.05) is 0 Å². The van der Waals surface area contributed by atoms with Crippen LogP contribution < -0.4 is 11.5 Å². The van der Waals surface area contributed by atoms with Crippen molar-refractivity contribution >= 4 is 17.2 Å². The monoisotopic (exact) mass is 267 g/mol. The van der Waals surface area contributed by atoms with Gasteiger partial charge in [0.1, 0.15) is 0 Å². The summed E-state index contributed by atoms with van der Waals surface area (Å²) in [5.74, 6) is 0.279. The van der Waals surface area contributed by atoms with Gasteiger partial charge in [-0.15, -0.1) is 0 Å². The van der Waals surface area contributed by atoms with Gasteiger partial charge in [0.15, 0.2) is 0 Å². The molecule has 1 aromatic rings. The molecule has 1 aliphatic heterocycles. The van der Waals surface area contributed by atoms with Gasteiger partial charge < -0.3 is 11.5 Å². The summed E-state index contributed by atoms with van der Waals surface area (Å²) < 4.78 is 0. The molecule has 1 aliphatic rings. The highest BCUT2D eigenvalue weighted by molar-refractivity contribution is 7.07. The molecule has 1 amide bonds. The summed E-state index contributed by atoms with van der Waals surface area (Å²) in [6.45, 7) is 2.67. The number of thiophene rings is 1. The van der Waals surface area contributed by atoms with E-state index < -0.39 is 0 Å². The van der Waals surface area contributed by atoms with Crippen LogP contribution >= 0.6 is 11.3 Å². The molecule has 1 unspecified atom stereocenters. The van der Waals surface area contributed by atoms with Crippen molar-refractivity contribution in [2.24, 2.45) is 17.4 Å². The Morgan fingerprint density at radius 2 is 2.22 bits per heavy atom. The number of nitrogens with two attached hydrogens (primary N) is 2. The molecular formula is C13H21N3OS. The van der Waals surface area contributed by atoms with Crippen molar-refractivity contribution in [2.75, 3.05) is 19.6 Å². The average Bonchev–Trinajstić information content (AvgIpc) is 2.85. The quantitative estimate of drug-likeness (QED) is 0.845. The largest absolute Gasteiger partial charge is 0.370 e. The normalized spacial score (nSPS) is 19.8. The minimum atomic E-state index is -0.179.